The van der Waals surface area contributed by atoms with E-state index in [2.05, 4.69) is 62.3 Å². The van der Waals surface area contributed by atoms with Crippen LogP contribution in [0.4, 0.5) is 5.69 Å². The van der Waals surface area contributed by atoms with Gasteiger partial charge in [-0.2, -0.15) is 0 Å². The highest BCUT2D eigenvalue weighted by Gasteiger charge is 2.40. The van der Waals surface area contributed by atoms with E-state index in [0.29, 0.717) is 36.9 Å². The molecule has 5 heteroatoms. The third-order valence-corrected chi connectivity index (χ3v) is 6.63. The summed E-state index contributed by atoms with van der Waals surface area (Å²) in [5, 5.41) is 3.46. The van der Waals surface area contributed by atoms with Crippen LogP contribution >= 0.6 is 0 Å². The first-order chi connectivity index (χ1) is 14.2. The first-order valence-electron chi connectivity index (χ1n) is 11.1. The fourth-order valence-electron chi connectivity index (χ4n) is 4.91. The molecule has 0 aliphatic carbocycles. The molecule has 0 radical (unpaired) electrons. The number of carbonyl (C=O) groups is 1. The van der Waals surface area contributed by atoms with Gasteiger partial charge in [0.1, 0.15) is 0 Å². The summed E-state index contributed by atoms with van der Waals surface area (Å²) >= 11 is 0. The van der Waals surface area contributed by atoms with Gasteiger partial charge in [0, 0.05) is 42.1 Å². The molecule has 0 bridgehead atoms. The molecule has 2 N–H and O–H groups in total. The second kappa shape index (κ2) is 8.03. The largest absolute Gasteiger partial charge is 0.323 e. The predicted octanol–water partition coefficient (Wildman–Crippen LogP) is 3.68. The second-order valence-electron chi connectivity index (χ2n) is 9.86. The van der Waals surface area contributed by atoms with Crippen LogP contribution in [0, 0.1) is 12.8 Å². The number of rotatable bonds is 4. The highest BCUT2D eigenvalue weighted by atomic mass is 16.2. The molecule has 2 aliphatic rings. The van der Waals surface area contributed by atoms with Crippen molar-refractivity contribution in [3.8, 4) is 0 Å². The number of nitrogens with zero attached hydrogens (tertiary/aromatic N) is 1. The number of nitrogens with one attached hydrogen (secondary N) is 2. The Hall–Kier alpha value is -2.40. The molecule has 1 saturated heterocycles. The average molecular weight is 408 g/mol. The maximum atomic E-state index is 13.3. The van der Waals surface area contributed by atoms with Gasteiger partial charge in [-0.3, -0.25) is 9.59 Å². The number of pyridine rings is 1. The van der Waals surface area contributed by atoms with Crippen molar-refractivity contribution < 1.29 is 4.79 Å². The first-order valence-corrected chi connectivity index (χ1v) is 11.1. The van der Waals surface area contributed by atoms with E-state index >= 15 is 0 Å². The number of carbonyl (C=O) groups excluding carboxylic acids is 1. The fraction of sp³-hybridized carbons (Fsp3) is 0.520. The standard InChI is InChI=1S/C25H33N3O2/c1-16-5-7-18(8-6-16)12-20-14-21-23(27-24(20)30)25(3,4)15-28(21)22(29)13-19-9-10-26-17(2)11-19/h5-8,14,17,19,26H,9-13,15H2,1-4H3,(H,27,30)/t17-,19?/m1/s1. The average Bonchev–Trinajstić information content (AvgIpc) is 2.94. The van der Waals surface area contributed by atoms with Crippen LogP contribution in [0.1, 0.15) is 62.4 Å². The fourth-order valence-corrected chi connectivity index (χ4v) is 4.91. The maximum Gasteiger partial charge on any atom is 0.251 e. The number of aromatic nitrogens is 1. The van der Waals surface area contributed by atoms with Crippen molar-refractivity contribution in [2.24, 2.45) is 5.92 Å². The van der Waals surface area contributed by atoms with Gasteiger partial charge in [-0.15, -0.1) is 0 Å². The van der Waals surface area contributed by atoms with Crippen LogP contribution < -0.4 is 15.8 Å². The number of amides is 1. The Bertz CT molecular complexity index is 990. The van der Waals surface area contributed by atoms with Crippen LogP contribution in [0.25, 0.3) is 0 Å². The van der Waals surface area contributed by atoms with Crippen molar-refractivity contribution in [1.29, 1.82) is 0 Å². The molecular weight excluding hydrogens is 374 g/mol. The zero-order valence-electron chi connectivity index (χ0n) is 18.5. The number of piperidine rings is 1. The van der Waals surface area contributed by atoms with Crippen molar-refractivity contribution in [3.05, 3.63) is 63.1 Å². The minimum absolute atomic E-state index is 0.0520. The van der Waals surface area contributed by atoms with E-state index in [4.69, 9.17) is 0 Å². The van der Waals surface area contributed by atoms with Gasteiger partial charge in [-0.05, 0) is 50.8 Å². The lowest BCUT2D eigenvalue weighted by Crippen LogP contribution is -2.39. The number of H-pyrrole nitrogens is 1. The molecular formula is C25H33N3O2. The first kappa shape index (κ1) is 20.9. The summed E-state index contributed by atoms with van der Waals surface area (Å²) in [6.45, 7) is 10.0. The Labute approximate surface area is 178 Å². The van der Waals surface area contributed by atoms with E-state index in [-0.39, 0.29) is 16.9 Å². The zero-order valence-corrected chi connectivity index (χ0v) is 18.5. The van der Waals surface area contributed by atoms with E-state index in [9.17, 15) is 9.59 Å². The second-order valence-corrected chi connectivity index (χ2v) is 9.86. The lowest BCUT2D eigenvalue weighted by molar-refractivity contribution is -0.119. The summed E-state index contributed by atoms with van der Waals surface area (Å²) in [6.07, 6.45) is 3.23. The van der Waals surface area contributed by atoms with Gasteiger partial charge in [0.2, 0.25) is 5.91 Å². The van der Waals surface area contributed by atoms with Crippen molar-refractivity contribution in [3.63, 3.8) is 0 Å². The lowest BCUT2D eigenvalue weighted by atomic mass is 9.89. The van der Waals surface area contributed by atoms with E-state index in [0.717, 1.165) is 36.3 Å². The molecule has 1 amide bonds. The van der Waals surface area contributed by atoms with Crippen molar-refractivity contribution in [1.82, 2.24) is 10.3 Å². The third kappa shape index (κ3) is 4.22. The highest BCUT2D eigenvalue weighted by molar-refractivity contribution is 5.96. The van der Waals surface area contributed by atoms with E-state index in [1.165, 1.54) is 5.56 Å². The van der Waals surface area contributed by atoms with Gasteiger partial charge in [-0.1, -0.05) is 43.7 Å². The minimum atomic E-state index is -0.256. The van der Waals surface area contributed by atoms with E-state index in [1.807, 2.05) is 11.0 Å². The number of aryl methyl sites for hydroxylation is 1. The molecule has 4 rings (SSSR count). The molecule has 2 aliphatic heterocycles. The van der Waals surface area contributed by atoms with E-state index in [1.54, 1.807) is 0 Å². The number of hydrogen-bond donors (Lipinski definition) is 2. The van der Waals surface area contributed by atoms with Gasteiger partial charge < -0.3 is 15.2 Å². The van der Waals surface area contributed by atoms with Crippen LogP contribution in [0.3, 0.4) is 0 Å². The van der Waals surface area contributed by atoms with Gasteiger partial charge in [-0.25, -0.2) is 0 Å². The normalized spacial score (nSPS) is 22.7. The Morgan fingerprint density at radius 2 is 1.97 bits per heavy atom. The minimum Gasteiger partial charge on any atom is -0.323 e. The van der Waals surface area contributed by atoms with Crippen LogP contribution in [0.5, 0.6) is 0 Å². The third-order valence-electron chi connectivity index (χ3n) is 6.63. The molecule has 160 valence electrons. The molecule has 2 atom stereocenters. The van der Waals surface area contributed by atoms with Gasteiger partial charge >= 0.3 is 0 Å². The quantitative estimate of drug-likeness (QED) is 0.813. The Morgan fingerprint density at radius 3 is 2.67 bits per heavy atom. The molecule has 0 saturated carbocycles. The van der Waals surface area contributed by atoms with Crippen LogP contribution in [-0.2, 0) is 16.6 Å². The highest BCUT2D eigenvalue weighted by Crippen LogP contribution is 2.39. The van der Waals surface area contributed by atoms with Crippen molar-refractivity contribution in [2.45, 2.75) is 64.8 Å². The summed E-state index contributed by atoms with van der Waals surface area (Å²) in [4.78, 5) is 31.1. The van der Waals surface area contributed by atoms with Crippen LogP contribution in [0.15, 0.2) is 35.1 Å². The van der Waals surface area contributed by atoms with Crippen molar-refractivity contribution in [2.75, 3.05) is 18.0 Å². The van der Waals surface area contributed by atoms with E-state index < -0.39 is 0 Å². The Balaban J connectivity index is 1.61. The summed E-state index contributed by atoms with van der Waals surface area (Å²) in [7, 11) is 0. The molecule has 1 fully saturated rings. The summed E-state index contributed by atoms with van der Waals surface area (Å²) in [6, 6.07) is 10.7. The predicted molar refractivity (Wildman–Crippen MR) is 121 cm³/mol. The van der Waals surface area contributed by atoms with Crippen molar-refractivity contribution >= 4 is 11.6 Å². The number of aromatic amines is 1. The zero-order chi connectivity index (χ0) is 21.5. The summed E-state index contributed by atoms with van der Waals surface area (Å²) in [5.74, 6) is 0.602. The molecule has 1 aromatic heterocycles. The number of anilines is 1. The molecule has 1 aromatic carbocycles. The molecule has 5 nitrogen and oxygen atoms in total. The molecule has 1 unspecified atom stereocenters. The molecule has 3 heterocycles. The topological polar surface area (TPSA) is 65.2 Å². The monoisotopic (exact) mass is 407 g/mol. The van der Waals surface area contributed by atoms with Gasteiger partial charge in [0.15, 0.2) is 0 Å². The van der Waals surface area contributed by atoms with Gasteiger partial charge in [0.25, 0.3) is 5.56 Å². The SMILES string of the molecule is Cc1ccc(Cc2cc3c([nH]c2=O)C(C)(C)CN3C(=O)CC2CCN[C@H](C)C2)cc1. The molecule has 2 aromatic rings. The number of fused-ring (bicyclic) bond motifs is 1. The lowest BCUT2D eigenvalue weighted by Gasteiger charge is -2.29. The maximum absolute atomic E-state index is 13.3. The van der Waals surface area contributed by atoms with Crippen LogP contribution in [-0.4, -0.2) is 30.0 Å². The Morgan fingerprint density at radius 1 is 1.23 bits per heavy atom. The Kier molecular flexibility index (Phi) is 5.58. The smallest absolute Gasteiger partial charge is 0.251 e. The van der Waals surface area contributed by atoms with Crippen LogP contribution in [0.2, 0.25) is 0 Å². The molecule has 0 spiro atoms. The molecule has 30 heavy (non-hydrogen) atoms. The number of benzene rings is 1. The number of hydrogen-bond acceptors (Lipinski definition) is 3. The summed E-state index contributed by atoms with van der Waals surface area (Å²) in [5.41, 5.74) is 4.47. The summed E-state index contributed by atoms with van der Waals surface area (Å²) < 4.78 is 0. The van der Waals surface area contributed by atoms with Gasteiger partial charge in [0.05, 0.1) is 5.69 Å².